The minimum absolute atomic E-state index is 0.371. The Morgan fingerprint density at radius 2 is 1.72 bits per heavy atom. The molecular formula is C13H19BFNO2. The summed E-state index contributed by atoms with van der Waals surface area (Å²) in [5.41, 5.74) is 0.501. The van der Waals surface area contributed by atoms with Crippen molar-refractivity contribution < 1.29 is 13.7 Å². The Morgan fingerprint density at radius 1 is 1.17 bits per heavy atom. The van der Waals surface area contributed by atoms with Crippen LogP contribution < -0.4 is 5.46 Å². The maximum absolute atomic E-state index is 13.1. The van der Waals surface area contributed by atoms with Crippen LogP contribution >= 0.6 is 0 Å². The number of hydrogen-bond donors (Lipinski definition) is 0. The van der Waals surface area contributed by atoms with Crippen molar-refractivity contribution in [3.8, 4) is 0 Å². The van der Waals surface area contributed by atoms with Gasteiger partial charge < -0.3 is 9.31 Å². The first kappa shape index (κ1) is 13.5. The standard InChI is InChI=1S/C13H19BFNO2/c1-9(15)11-7-6-10(8-16-11)14-17-12(2,3)13(4,5)18-14/h6-9H,1-5H3. The van der Waals surface area contributed by atoms with E-state index in [9.17, 15) is 4.39 Å². The van der Waals surface area contributed by atoms with Crippen LogP contribution in [0.3, 0.4) is 0 Å². The second kappa shape index (κ2) is 4.32. The van der Waals surface area contributed by atoms with Gasteiger partial charge in [-0.1, -0.05) is 6.07 Å². The van der Waals surface area contributed by atoms with Gasteiger partial charge in [0, 0.05) is 11.7 Å². The fraction of sp³-hybridized carbons (Fsp3) is 0.615. The fourth-order valence-electron chi connectivity index (χ4n) is 1.77. The van der Waals surface area contributed by atoms with E-state index in [2.05, 4.69) is 4.98 Å². The van der Waals surface area contributed by atoms with E-state index in [1.165, 1.54) is 6.92 Å². The summed E-state index contributed by atoms with van der Waals surface area (Å²) in [7, 11) is -0.438. The molecule has 0 bridgehead atoms. The van der Waals surface area contributed by atoms with Gasteiger partial charge >= 0.3 is 7.12 Å². The minimum atomic E-state index is -1.06. The highest BCUT2D eigenvalue weighted by molar-refractivity contribution is 6.62. The smallest absolute Gasteiger partial charge is 0.399 e. The lowest BCUT2D eigenvalue weighted by Crippen LogP contribution is -2.41. The molecule has 1 aliphatic heterocycles. The maximum Gasteiger partial charge on any atom is 0.496 e. The summed E-state index contributed by atoms with van der Waals surface area (Å²) in [5.74, 6) is 0. The molecule has 1 aromatic heterocycles. The van der Waals surface area contributed by atoms with Gasteiger partial charge in [-0.3, -0.25) is 4.98 Å². The van der Waals surface area contributed by atoms with E-state index >= 15 is 0 Å². The zero-order valence-corrected chi connectivity index (χ0v) is 11.5. The van der Waals surface area contributed by atoms with Crippen molar-refractivity contribution in [3.63, 3.8) is 0 Å². The lowest BCUT2D eigenvalue weighted by molar-refractivity contribution is 0.00578. The molecule has 0 aliphatic carbocycles. The third-order valence-electron chi connectivity index (χ3n) is 3.74. The number of nitrogens with zero attached hydrogens (tertiary/aromatic N) is 1. The van der Waals surface area contributed by atoms with Crippen molar-refractivity contribution in [3.05, 3.63) is 24.0 Å². The van der Waals surface area contributed by atoms with Crippen LogP contribution in [0.1, 0.15) is 46.5 Å². The molecule has 5 heteroatoms. The molecule has 2 rings (SSSR count). The van der Waals surface area contributed by atoms with Crippen LogP contribution in [0.4, 0.5) is 4.39 Å². The van der Waals surface area contributed by atoms with Gasteiger partial charge in [0.05, 0.1) is 16.9 Å². The molecule has 1 unspecified atom stereocenters. The van der Waals surface area contributed by atoms with Gasteiger partial charge in [-0.25, -0.2) is 4.39 Å². The highest BCUT2D eigenvalue weighted by atomic mass is 19.1. The van der Waals surface area contributed by atoms with E-state index in [-0.39, 0.29) is 11.2 Å². The van der Waals surface area contributed by atoms with Crippen molar-refractivity contribution in [1.29, 1.82) is 0 Å². The predicted molar refractivity (Wildman–Crippen MR) is 69.5 cm³/mol. The molecule has 1 atom stereocenters. The summed E-state index contributed by atoms with van der Waals surface area (Å²) < 4.78 is 24.9. The number of alkyl halides is 1. The first-order valence-corrected chi connectivity index (χ1v) is 6.18. The van der Waals surface area contributed by atoms with Crippen LogP contribution in [0.2, 0.25) is 0 Å². The SMILES string of the molecule is CC(F)c1ccc(B2OC(C)(C)C(C)(C)O2)cn1. The Balaban J connectivity index is 2.19. The van der Waals surface area contributed by atoms with Crippen LogP contribution in [0, 0.1) is 0 Å². The van der Waals surface area contributed by atoms with Gasteiger partial charge in [0.15, 0.2) is 0 Å². The summed E-state index contributed by atoms with van der Waals surface area (Å²) in [6.45, 7) is 9.46. The van der Waals surface area contributed by atoms with E-state index in [1.807, 2.05) is 27.7 Å². The molecule has 0 radical (unpaired) electrons. The van der Waals surface area contributed by atoms with Crippen LogP contribution in [0.5, 0.6) is 0 Å². The quantitative estimate of drug-likeness (QED) is 0.756. The molecule has 0 N–H and O–H groups in total. The van der Waals surface area contributed by atoms with Crippen molar-refractivity contribution in [2.75, 3.05) is 0 Å². The molecule has 0 saturated carbocycles. The van der Waals surface area contributed by atoms with E-state index in [0.29, 0.717) is 5.69 Å². The lowest BCUT2D eigenvalue weighted by atomic mass is 9.80. The van der Waals surface area contributed by atoms with Gasteiger partial charge in [-0.15, -0.1) is 0 Å². The molecule has 18 heavy (non-hydrogen) atoms. The Morgan fingerprint density at radius 3 is 2.11 bits per heavy atom. The van der Waals surface area contributed by atoms with Crippen LogP contribution in [0.25, 0.3) is 0 Å². The number of halogens is 1. The van der Waals surface area contributed by atoms with Crippen molar-refractivity contribution in [1.82, 2.24) is 4.98 Å². The Labute approximate surface area is 108 Å². The highest BCUT2D eigenvalue weighted by Gasteiger charge is 2.51. The Hall–Kier alpha value is -0.935. The predicted octanol–water partition coefficient (Wildman–Crippen LogP) is 2.41. The van der Waals surface area contributed by atoms with E-state index in [4.69, 9.17) is 9.31 Å². The Kier molecular flexibility index (Phi) is 3.24. The van der Waals surface area contributed by atoms with E-state index in [1.54, 1.807) is 18.3 Å². The summed E-state index contributed by atoms with van der Waals surface area (Å²) in [6.07, 6.45) is 0.561. The third-order valence-corrected chi connectivity index (χ3v) is 3.74. The maximum atomic E-state index is 13.1. The van der Waals surface area contributed by atoms with Gasteiger partial charge in [0.25, 0.3) is 0 Å². The van der Waals surface area contributed by atoms with Crippen molar-refractivity contribution in [2.45, 2.75) is 52.0 Å². The molecule has 1 aliphatic rings. The average Bonchev–Trinajstić information content (AvgIpc) is 2.48. The van der Waals surface area contributed by atoms with Crippen LogP contribution in [-0.4, -0.2) is 23.3 Å². The summed E-state index contributed by atoms with van der Waals surface area (Å²) in [4.78, 5) is 4.08. The number of aromatic nitrogens is 1. The second-order valence-corrected chi connectivity index (χ2v) is 5.72. The molecule has 2 heterocycles. The lowest BCUT2D eigenvalue weighted by Gasteiger charge is -2.32. The number of rotatable bonds is 2. The summed E-state index contributed by atoms with van der Waals surface area (Å²) >= 11 is 0. The Bertz CT molecular complexity index is 415. The normalized spacial score (nSPS) is 23.1. The summed E-state index contributed by atoms with van der Waals surface area (Å²) in [6, 6.07) is 3.48. The number of hydrogen-bond acceptors (Lipinski definition) is 3. The van der Waals surface area contributed by atoms with E-state index < -0.39 is 13.3 Å². The summed E-state index contributed by atoms with van der Waals surface area (Å²) in [5, 5.41) is 0. The molecule has 0 spiro atoms. The van der Waals surface area contributed by atoms with Gasteiger partial charge in [-0.2, -0.15) is 0 Å². The first-order chi connectivity index (χ1) is 8.23. The monoisotopic (exact) mass is 251 g/mol. The highest BCUT2D eigenvalue weighted by Crippen LogP contribution is 2.36. The van der Waals surface area contributed by atoms with Gasteiger partial charge in [0.2, 0.25) is 0 Å². The zero-order chi connectivity index (χ0) is 13.6. The minimum Gasteiger partial charge on any atom is -0.399 e. The topological polar surface area (TPSA) is 31.4 Å². The second-order valence-electron chi connectivity index (χ2n) is 5.72. The molecule has 3 nitrogen and oxygen atoms in total. The third kappa shape index (κ3) is 2.29. The largest absolute Gasteiger partial charge is 0.496 e. The molecule has 0 amide bonds. The van der Waals surface area contributed by atoms with Crippen molar-refractivity contribution >= 4 is 12.6 Å². The van der Waals surface area contributed by atoms with Crippen molar-refractivity contribution in [2.24, 2.45) is 0 Å². The van der Waals surface area contributed by atoms with Crippen LogP contribution in [-0.2, 0) is 9.31 Å². The molecule has 1 fully saturated rings. The van der Waals surface area contributed by atoms with E-state index in [0.717, 1.165) is 5.46 Å². The number of pyridine rings is 1. The zero-order valence-electron chi connectivity index (χ0n) is 11.5. The molecule has 0 aromatic carbocycles. The van der Waals surface area contributed by atoms with Crippen LogP contribution in [0.15, 0.2) is 18.3 Å². The average molecular weight is 251 g/mol. The molecule has 1 saturated heterocycles. The van der Waals surface area contributed by atoms with Gasteiger partial charge in [-0.05, 0) is 40.7 Å². The van der Waals surface area contributed by atoms with Gasteiger partial charge in [0.1, 0.15) is 6.17 Å². The first-order valence-electron chi connectivity index (χ1n) is 6.18. The molecule has 98 valence electrons. The molecular weight excluding hydrogens is 232 g/mol. The fourth-order valence-corrected chi connectivity index (χ4v) is 1.77. The molecule has 1 aromatic rings.